The number of hydrogen-bond acceptors (Lipinski definition) is 2. The Morgan fingerprint density at radius 2 is 1.95 bits per heavy atom. The van der Waals surface area contributed by atoms with Crippen LogP contribution in [0.4, 0.5) is 0 Å². The summed E-state index contributed by atoms with van der Waals surface area (Å²) in [5.41, 5.74) is 1.31. The topological polar surface area (TPSA) is 32.3 Å². The summed E-state index contributed by atoms with van der Waals surface area (Å²) >= 11 is 0. The fraction of sp³-hybridized carbons (Fsp3) is 0.667. The van der Waals surface area contributed by atoms with Gasteiger partial charge < -0.3 is 10.4 Å². The molecule has 1 aromatic rings. The Labute approximate surface area is 123 Å². The molecule has 0 spiro atoms. The van der Waals surface area contributed by atoms with E-state index in [1.54, 1.807) is 12.1 Å². The predicted octanol–water partition coefficient (Wildman–Crippen LogP) is 4.13. The van der Waals surface area contributed by atoms with Gasteiger partial charge in [0.1, 0.15) is 5.75 Å². The van der Waals surface area contributed by atoms with Crippen LogP contribution in [0, 0.1) is 11.8 Å². The molecule has 1 aliphatic rings. The summed E-state index contributed by atoms with van der Waals surface area (Å²) in [4.78, 5) is 0. The van der Waals surface area contributed by atoms with Crippen molar-refractivity contribution in [3.63, 3.8) is 0 Å². The van der Waals surface area contributed by atoms with Crippen LogP contribution in [0.3, 0.4) is 0 Å². The fourth-order valence-corrected chi connectivity index (χ4v) is 3.55. The van der Waals surface area contributed by atoms with E-state index in [1.807, 2.05) is 12.1 Å². The first-order chi connectivity index (χ1) is 9.60. The first kappa shape index (κ1) is 15.4. The van der Waals surface area contributed by atoms with E-state index in [-0.39, 0.29) is 0 Å². The van der Waals surface area contributed by atoms with Crippen molar-refractivity contribution in [3.8, 4) is 5.75 Å². The van der Waals surface area contributed by atoms with Crippen LogP contribution in [0.2, 0.25) is 0 Å². The highest BCUT2D eigenvalue weighted by Gasteiger charge is 2.31. The first-order valence-electron chi connectivity index (χ1n) is 8.14. The van der Waals surface area contributed by atoms with Gasteiger partial charge in [-0.1, -0.05) is 32.4 Å². The number of aromatic hydroxyl groups is 1. The van der Waals surface area contributed by atoms with Crippen LogP contribution in [0.15, 0.2) is 24.3 Å². The van der Waals surface area contributed by atoms with Crippen molar-refractivity contribution in [2.45, 2.75) is 65.0 Å². The average molecular weight is 275 g/mol. The van der Waals surface area contributed by atoms with Crippen molar-refractivity contribution in [1.82, 2.24) is 5.32 Å². The monoisotopic (exact) mass is 275 g/mol. The summed E-state index contributed by atoms with van der Waals surface area (Å²) in [5.74, 6) is 2.08. The molecule has 2 rings (SSSR count). The van der Waals surface area contributed by atoms with Crippen LogP contribution in [0.5, 0.6) is 5.75 Å². The van der Waals surface area contributed by atoms with Gasteiger partial charge in [0.25, 0.3) is 0 Å². The maximum Gasteiger partial charge on any atom is 0.115 e. The van der Waals surface area contributed by atoms with Crippen LogP contribution < -0.4 is 5.32 Å². The molecular formula is C18H29NO. The van der Waals surface area contributed by atoms with E-state index >= 15 is 0 Å². The minimum Gasteiger partial charge on any atom is -0.508 e. The summed E-state index contributed by atoms with van der Waals surface area (Å²) < 4.78 is 0. The molecule has 0 saturated heterocycles. The van der Waals surface area contributed by atoms with E-state index in [0.717, 1.165) is 24.7 Å². The van der Waals surface area contributed by atoms with Crippen molar-refractivity contribution in [2.75, 3.05) is 0 Å². The van der Waals surface area contributed by atoms with Gasteiger partial charge in [0, 0.05) is 12.1 Å². The molecule has 1 fully saturated rings. The molecule has 2 nitrogen and oxygen atoms in total. The highest BCUT2D eigenvalue weighted by Crippen LogP contribution is 2.34. The Bertz CT molecular complexity index is 400. The highest BCUT2D eigenvalue weighted by molar-refractivity contribution is 5.25. The summed E-state index contributed by atoms with van der Waals surface area (Å²) in [5, 5.41) is 13.1. The smallest absolute Gasteiger partial charge is 0.115 e. The van der Waals surface area contributed by atoms with Gasteiger partial charge in [-0.3, -0.25) is 0 Å². The zero-order valence-corrected chi connectivity index (χ0v) is 13.1. The predicted molar refractivity (Wildman–Crippen MR) is 85.0 cm³/mol. The Morgan fingerprint density at radius 1 is 1.25 bits per heavy atom. The number of phenols is 1. The maximum atomic E-state index is 9.29. The van der Waals surface area contributed by atoms with Gasteiger partial charge in [0.15, 0.2) is 0 Å². The molecule has 2 N–H and O–H groups in total. The van der Waals surface area contributed by atoms with Crippen molar-refractivity contribution in [2.24, 2.45) is 11.8 Å². The molecule has 1 saturated carbocycles. The van der Waals surface area contributed by atoms with Crippen molar-refractivity contribution < 1.29 is 5.11 Å². The molecule has 4 unspecified atom stereocenters. The third-order valence-corrected chi connectivity index (χ3v) is 5.05. The van der Waals surface area contributed by atoms with Crippen LogP contribution in [0.25, 0.3) is 0 Å². The van der Waals surface area contributed by atoms with Crippen molar-refractivity contribution in [1.29, 1.82) is 0 Å². The lowest BCUT2D eigenvalue weighted by Gasteiger charge is -2.25. The van der Waals surface area contributed by atoms with Crippen LogP contribution in [-0.4, -0.2) is 17.2 Å². The number of benzene rings is 1. The minimum absolute atomic E-state index is 0.352. The molecule has 0 heterocycles. The van der Waals surface area contributed by atoms with E-state index in [1.165, 1.54) is 24.8 Å². The quantitative estimate of drug-likeness (QED) is 0.818. The third kappa shape index (κ3) is 3.99. The number of rotatable bonds is 6. The van der Waals surface area contributed by atoms with Gasteiger partial charge in [0.05, 0.1) is 0 Å². The number of nitrogens with one attached hydrogen (secondary N) is 1. The van der Waals surface area contributed by atoms with E-state index in [9.17, 15) is 5.11 Å². The Morgan fingerprint density at radius 3 is 2.55 bits per heavy atom. The molecular weight excluding hydrogens is 246 g/mol. The molecule has 0 aromatic heterocycles. The Balaban J connectivity index is 1.75. The first-order valence-corrected chi connectivity index (χ1v) is 8.14. The Kier molecular flexibility index (Phi) is 5.47. The maximum absolute atomic E-state index is 9.29. The lowest BCUT2D eigenvalue weighted by molar-refractivity contribution is 0.320. The van der Waals surface area contributed by atoms with Gasteiger partial charge in [-0.15, -0.1) is 0 Å². The van der Waals surface area contributed by atoms with E-state index in [4.69, 9.17) is 0 Å². The summed E-state index contributed by atoms with van der Waals surface area (Å²) in [7, 11) is 0. The largest absolute Gasteiger partial charge is 0.508 e. The molecule has 0 aliphatic heterocycles. The van der Waals surface area contributed by atoms with Gasteiger partial charge in [-0.25, -0.2) is 0 Å². The van der Waals surface area contributed by atoms with Gasteiger partial charge >= 0.3 is 0 Å². The normalized spacial score (nSPS) is 27.6. The summed E-state index contributed by atoms with van der Waals surface area (Å²) in [6.45, 7) is 7.02. The summed E-state index contributed by atoms with van der Waals surface area (Å²) in [6.07, 6.45) is 6.28. The molecule has 0 bridgehead atoms. The van der Waals surface area contributed by atoms with Gasteiger partial charge in [-0.2, -0.15) is 0 Å². The minimum atomic E-state index is 0.352. The van der Waals surface area contributed by atoms with Gasteiger partial charge in [0.2, 0.25) is 0 Å². The fourth-order valence-electron chi connectivity index (χ4n) is 3.55. The van der Waals surface area contributed by atoms with E-state index in [0.29, 0.717) is 17.8 Å². The molecule has 0 amide bonds. The number of phenolic OH excluding ortho intramolecular Hbond substituents is 1. The lowest BCUT2D eigenvalue weighted by Crippen LogP contribution is -2.39. The second kappa shape index (κ2) is 7.12. The highest BCUT2D eigenvalue weighted by atomic mass is 16.3. The number of aryl methyl sites for hydroxylation is 1. The van der Waals surface area contributed by atoms with Crippen LogP contribution in [-0.2, 0) is 6.42 Å². The number of hydrogen-bond donors (Lipinski definition) is 2. The van der Waals surface area contributed by atoms with Crippen molar-refractivity contribution in [3.05, 3.63) is 29.8 Å². The van der Waals surface area contributed by atoms with Gasteiger partial charge in [-0.05, 0) is 62.1 Å². The second-order valence-corrected chi connectivity index (χ2v) is 6.48. The second-order valence-electron chi connectivity index (χ2n) is 6.48. The molecule has 1 aliphatic carbocycles. The van der Waals surface area contributed by atoms with E-state index < -0.39 is 0 Å². The Hall–Kier alpha value is -1.02. The average Bonchev–Trinajstić information content (AvgIpc) is 2.79. The zero-order valence-electron chi connectivity index (χ0n) is 13.1. The molecule has 20 heavy (non-hydrogen) atoms. The standard InChI is InChI=1S/C18H29NO/c1-4-16-9-12-18(14(16)3)19-13(2)5-6-15-7-10-17(20)11-8-15/h7-8,10-11,13-14,16,18-20H,4-6,9,12H2,1-3H3. The van der Waals surface area contributed by atoms with Crippen LogP contribution >= 0.6 is 0 Å². The molecule has 112 valence electrons. The summed E-state index contributed by atoms with van der Waals surface area (Å²) in [6, 6.07) is 8.86. The lowest BCUT2D eigenvalue weighted by atomic mass is 9.93. The molecule has 4 atom stereocenters. The molecule has 1 aromatic carbocycles. The van der Waals surface area contributed by atoms with Crippen LogP contribution in [0.1, 0.15) is 52.0 Å². The SMILES string of the molecule is CCC1CCC(NC(C)CCc2ccc(O)cc2)C1C. The zero-order chi connectivity index (χ0) is 14.5. The van der Waals surface area contributed by atoms with Crippen molar-refractivity contribution >= 4 is 0 Å². The molecule has 2 heteroatoms. The third-order valence-electron chi connectivity index (χ3n) is 5.05. The van der Waals surface area contributed by atoms with E-state index in [2.05, 4.69) is 26.1 Å². The molecule has 0 radical (unpaired) electrons.